The van der Waals surface area contributed by atoms with Gasteiger partial charge in [0.25, 0.3) is 0 Å². The molecule has 0 atom stereocenters. The van der Waals surface area contributed by atoms with Crippen molar-refractivity contribution in [3.63, 3.8) is 0 Å². The standard InChI is InChI=1S/C22H16ClN3O2S/c23-17-7-4-8-18-20(17)21(15-5-2-1-3-6-15)26-22(25-18)24-16-10-9-14-11-12-29(27,28)19(14)13-16/h1-13,27-28H,(H,24,25,26). The third kappa shape index (κ3) is 3.26. The largest absolute Gasteiger partial charge is 0.324 e. The van der Waals surface area contributed by atoms with Crippen LogP contribution in [0.1, 0.15) is 5.56 Å². The van der Waals surface area contributed by atoms with Crippen molar-refractivity contribution in [3.05, 3.63) is 82.7 Å². The van der Waals surface area contributed by atoms with Crippen molar-refractivity contribution < 1.29 is 9.11 Å². The maximum atomic E-state index is 10.2. The molecular weight excluding hydrogens is 406 g/mol. The number of anilines is 2. The molecule has 0 amide bonds. The molecule has 1 aliphatic heterocycles. The van der Waals surface area contributed by atoms with E-state index in [1.807, 2.05) is 60.7 Å². The van der Waals surface area contributed by atoms with Crippen molar-refractivity contribution in [1.29, 1.82) is 0 Å². The van der Waals surface area contributed by atoms with Crippen molar-refractivity contribution in [2.24, 2.45) is 0 Å². The van der Waals surface area contributed by atoms with E-state index in [4.69, 9.17) is 16.6 Å². The van der Waals surface area contributed by atoms with Gasteiger partial charge in [0.15, 0.2) is 0 Å². The zero-order valence-electron chi connectivity index (χ0n) is 15.1. The van der Waals surface area contributed by atoms with Gasteiger partial charge >= 0.3 is 0 Å². The van der Waals surface area contributed by atoms with E-state index in [1.165, 1.54) is 5.41 Å². The van der Waals surface area contributed by atoms with Crippen LogP contribution in [0.3, 0.4) is 0 Å². The zero-order chi connectivity index (χ0) is 20.0. The lowest BCUT2D eigenvalue weighted by molar-refractivity contribution is 0.501. The molecule has 4 aromatic rings. The molecule has 3 N–H and O–H groups in total. The van der Waals surface area contributed by atoms with E-state index < -0.39 is 10.6 Å². The summed E-state index contributed by atoms with van der Waals surface area (Å²) in [6.45, 7) is 0. The number of nitrogens with zero attached hydrogens (tertiary/aromatic N) is 2. The lowest BCUT2D eigenvalue weighted by Gasteiger charge is -2.25. The predicted octanol–water partition coefficient (Wildman–Crippen LogP) is 6.79. The maximum Gasteiger partial charge on any atom is 0.228 e. The average molecular weight is 422 g/mol. The second-order valence-corrected chi connectivity index (χ2v) is 8.97. The van der Waals surface area contributed by atoms with Crippen molar-refractivity contribution in [2.75, 3.05) is 5.32 Å². The fourth-order valence-electron chi connectivity index (χ4n) is 3.38. The summed E-state index contributed by atoms with van der Waals surface area (Å²) in [5.41, 5.74) is 3.86. The van der Waals surface area contributed by atoms with Crippen LogP contribution in [-0.4, -0.2) is 19.1 Å². The second kappa shape index (κ2) is 6.86. The molecule has 5 rings (SSSR count). The van der Waals surface area contributed by atoms with Gasteiger partial charge in [-0.3, -0.25) is 9.11 Å². The van der Waals surface area contributed by atoms with Crippen LogP contribution in [0.15, 0.2) is 77.0 Å². The smallest absolute Gasteiger partial charge is 0.228 e. The Kier molecular flexibility index (Phi) is 4.29. The highest BCUT2D eigenvalue weighted by Gasteiger charge is 2.22. The van der Waals surface area contributed by atoms with Crippen LogP contribution in [0.4, 0.5) is 11.6 Å². The third-order valence-electron chi connectivity index (χ3n) is 4.75. The fraction of sp³-hybridized carbons (Fsp3) is 0. The number of benzene rings is 3. The van der Waals surface area contributed by atoms with Gasteiger partial charge in [0.2, 0.25) is 5.95 Å². The van der Waals surface area contributed by atoms with E-state index in [0.717, 1.165) is 27.7 Å². The van der Waals surface area contributed by atoms with Crippen LogP contribution in [0.2, 0.25) is 5.02 Å². The lowest BCUT2D eigenvalue weighted by atomic mass is 10.1. The van der Waals surface area contributed by atoms with E-state index in [9.17, 15) is 9.11 Å². The van der Waals surface area contributed by atoms with E-state index >= 15 is 0 Å². The van der Waals surface area contributed by atoms with Gasteiger partial charge < -0.3 is 5.32 Å². The molecule has 0 bridgehead atoms. The summed E-state index contributed by atoms with van der Waals surface area (Å²) >= 11 is 6.46. The van der Waals surface area contributed by atoms with Gasteiger partial charge in [-0.2, -0.15) is 0 Å². The maximum absolute atomic E-state index is 10.2. The predicted molar refractivity (Wildman–Crippen MR) is 120 cm³/mol. The van der Waals surface area contributed by atoms with Gasteiger partial charge in [0.05, 0.1) is 21.1 Å². The highest BCUT2D eigenvalue weighted by Crippen LogP contribution is 2.56. The van der Waals surface area contributed by atoms with Gasteiger partial charge in [-0.15, -0.1) is 10.6 Å². The number of fused-ring (bicyclic) bond motifs is 2. The van der Waals surface area contributed by atoms with Gasteiger partial charge in [-0.05, 0) is 35.9 Å². The molecule has 7 heteroatoms. The van der Waals surface area contributed by atoms with E-state index in [1.54, 1.807) is 12.1 Å². The first kappa shape index (κ1) is 18.1. The van der Waals surface area contributed by atoms with Crippen LogP contribution < -0.4 is 5.32 Å². The third-order valence-corrected chi connectivity index (χ3v) is 6.58. The molecule has 144 valence electrons. The number of aromatic nitrogens is 2. The van der Waals surface area contributed by atoms with Gasteiger partial charge in [-0.25, -0.2) is 9.97 Å². The first-order chi connectivity index (χ1) is 14.0. The molecular formula is C22H16ClN3O2S. The van der Waals surface area contributed by atoms with E-state index in [2.05, 4.69) is 10.3 Å². The molecule has 0 saturated heterocycles. The number of rotatable bonds is 3. The quantitative estimate of drug-likeness (QED) is 0.339. The summed E-state index contributed by atoms with van der Waals surface area (Å²) in [5.74, 6) is 0.404. The Hall–Kier alpha value is -2.90. The number of nitrogens with one attached hydrogen (secondary N) is 1. The molecule has 2 heterocycles. The monoisotopic (exact) mass is 421 g/mol. The fourth-order valence-corrected chi connectivity index (χ4v) is 4.91. The normalized spacial score (nSPS) is 15.3. The van der Waals surface area contributed by atoms with Gasteiger partial charge in [0.1, 0.15) is 0 Å². The number of hydrogen-bond acceptors (Lipinski definition) is 5. The summed E-state index contributed by atoms with van der Waals surface area (Å²) in [6, 6.07) is 20.8. The Morgan fingerprint density at radius 3 is 2.55 bits per heavy atom. The van der Waals surface area contributed by atoms with E-state index in [-0.39, 0.29) is 0 Å². The summed E-state index contributed by atoms with van der Waals surface area (Å²) in [5, 5.41) is 6.00. The molecule has 0 saturated carbocycles. The SMILES string of the molecule is OS1(O)C=Cc2ccc(Nc3nc(-c4ccccc4)c4c(Cl)cccc4n3)cc21. The van der Waals surface area contributed by atoms with Crippen LogP contribution in [0.5, 0.6) is 0 Å². The molecule has 0 fully saturated rings. The topological polar surface area (TPSA) is 78.3 Å². The minimum Gasteiger partial charge on any atom is -0.324 e. The summed E-state index contributed by atoms with van der Waals surface area (Å²) < 4.78 is 20.4. The molecule has 3 aromatic carbocycles. The molecule has 0 aliphatic carbocycles. The molecule has 1 aliphatic rings. The minimum atomic E-state index is -2.89. The first-order valence-corrected chi connectivity index (χ1v) is 10.9. The Labute approximate surface area is 174 Å². The van der Waals surface area contributed by atoms with Crippen LogP contribution in [0.25, 0.3) is 28.2 Å². The van der Waals surface area contributed by atoms with Crippen molar-refractivity contribution in [2.45, 2.75) is 4.90 Å². The van der Waals surface area contributed by atoms with Crippen LogP contribution in [0, 0.1) is 0 Å². The Bertz CT molecular complexity index is 1280. The highest BCUT2D eigenvalue weighted by atomic mass is 35.5. The summed E-state index contributed by atoms with van der Waals surface area (Å²) in [7, 11) is -2.89. The summed E-state index contributed by atoms with van der Waals surface area (Å²) in [4.78, 5) is 9.82. The van der Waals surface area contributed by atoms with Gasteiger partial charge in [0, 0.05) is 22.0 Å². The number of halogens is 1. The van der Waals surface area contributed by atoms with Crippen molar-refractivity contribution in [1.82, 2.24) is 9.97 Å². The second-order valence-electron chi connectivity index (χ2n) is 6.67. The molecule has 0 spiro atoms. The van der Waals surface area contributed by atoms with Crippen LogP contribution in [-0.2, 0) is 0 Å². The first-order valence-electron chi connectivity index (χ1n) is 8.90. The zero-order valence-corrected chi connectivity index (χ0v) is 16.7. The molecule has 0 radical (unpaired) electrons. The molecule has 0 unspecified atom stereocenters. The molecule has 5 nitrogen and oxygen atoms in total. The highest BCUT2D eigenvalue weighted by molar-refractivity contribution is 8.27. The summed E-state index contributed by atoms with van der Waals surface area (Å²) in [6.07, 6.45) is 1.72. The number of hydrogen-bond donors (Lipinski definition) is 3. The Morgan fingerprint density at radius 1 is 0.897 bits per heavy atom. The van der Waals surface area contributed by atoms with Crippen molar-refractivity contribution in [3.8, 4) is 11.3 Å². The molecule has 1 aromatic heterocycles. The van der Waals surface area contributed by atoms with Crippen LogP contribution >= 0.6 is 22.2 Å². The van der Waals surface area contributed by atoms with E-state index in [0.29, 0.717) is 21.6 Å². The molecule has 29 heavy (non-hydrogen) atoms. The van der Waals surface area contributed by atoms with Crippen molar-refractivity contribution >= 4 is 50.8 Å². The Morgan fingerprint density at radius 2 is 1.72 bits per heavy atom. The Balaban J connectivity index is 1.62. The van der Waals surface area contributed by atoms with Gasteiger partial charge in [-0.1, -0.05) is 54.1 Å². The lowest BCUT2D eigenvalue weighted by Crippen LogP contribution is -2.01. The minimum absolute atomic E-state index is 0.404. The average Bonchev–Trinajstić information content (AvgIpc) is 3.03.